The molecule has 0 aliphatic carbocycles. The molecule has 0 amide bonds. The van der Waals surface area contributed by atoms with Crippen molar-refractivity contribution in [2.45, 2.75) is 20.3 Å². The Morgan fingerprint density at radius 2 is 2.00 bits per heavy atom. The Morgan fingerprint density at radius 1 is 1.33 bits per heavy atom. The van der Waals surface area contributed by atoms with Crippen LogP contribution >= 0.6 is 0 Å². The van der Waals surface area contributed by atoms with Gasteiger partial charge < -0.3 is 4.74 Å². The fraction of sp³-hybridized carbons (Fsp3) is 0.286. The highest BCUT2D eigenvalue weighted by Crippen LogP contribution is 2.12. The molecule has 0 N–H and O–H groups in total. The largest absolute Gasteiger partial charge is 0.489 e. The molecule has 0 aliphatic heterocycles. The Bertz CT molecular complexity index is 333. The third kappa shape index (κ3) is 4.03. The minimum atomic E-state index is 0.598. The zero-order valence-corrected chi connectivity index (χ0v) is 9.49. The molecule has 1 aromatic carbocycles. The summed E-state index contributed by atoms with van der Waals surface area (Å²) in [5.74, 6) is 0.907. The van der Waals surface area contributed by atoms with E-state index in [0.29, 0.717) is 6.61 Å². The number of ether oxygens (including phenoxy) is 1. The summed E-state index contributed by atoms with van der Waals surface area (Å²) in [5.41, 5.74) is 2.38. The van der Waals surface area contributed by atoms with E-state index in [4.69, 9.17) is 4.74 Å². The Hall–Kier alpha value is -1.50. The first-order valence-corrected chi connectivity index (χ1v) is 5.27. The lowest BCUT2D eigenvalue weighted by Gasteiger charge is -2.06. The molecule has 0 aromatic heterocycles. The summed E-state index contributed by atoms with van der Waals surface area (Å²) in [5, 5.41) is 0. The van der Waals surface area contributed by atoms with Gasteiger partial charge in [-0.25, -0.2) is 0 Å². The molecule has 0 spiro atoms. The van der Waals surface area contributed by atoms with Gasteiger partial charge in [-0.1, -0.05) is 43.4 Å². The molecule has 0 radical (unpaired) electrons. The van der Waals surface area contributed by atoms with Gasteiger partial charge in [0.05, 0.1) is 0 Å². The quantitative estimate of drug-likeness (QED) is 0.658. The van der Waals surface area contributed by atoms with Crippen LogP contribution in [0.1, 0.15) is 18.9 Å². The van der Waals surface area contributed by atoms with Crippen LogP contribution in [0.15, 0.2) is 48.6 Å². The summed E-state index contributed by atoms with van der Waals surface area (Å²) < 4.78 is 5.63. The van der Waals surface area contributed by atoms with Gasteiger partial charge in [-0.05, 0) is 31.1 Å². The van der Waals surface area contributed by atoms with E-state index in [0.717, 1.165) is 17.7 Å². The van der Waals surface area contributed by atoms with Gasteiger partial charge in [-0.3, -0.25) is 0 Å². The van der Waals surface area contributed by atoms with Crippen LogP contribution < -0.4 is 4.74 Å². The Morgan fingerprint density at radius 3 is 2.53 bits per heavy atom. The van der Waals surface area contributed by atoms with Crippen LogP contribution in [0, 0.1) is 6.92 Å². The summed E-state index contributed by atoms with van der Waals surface area (Å²) in [7, 11) is 0. The van der Waals surface area contributed by atoms with Crippen LogP contribution in [-0.2, 0) is 0 Å². The van der Waals surface area contributed by atoms with E-state index < -0.39 is 0 Å². The smallest absolute Gasteiger partial charge is 0.119 e. The summed E-state index contributed by atoms with van der Waals surface area (Å²) >= 11 is 0. The lowest BCUT2D eigenvalue weighted by Crippen LogP contribution is -1.99. The van der Waals surface area contributed by atoms with Crippen LogP contribution in [0.3, 0.4) is 0 Å². The number of hydrogen-bond acceptors (Lipinski definition) is 1. The second-order valence-corrected chi connectivity index (χ2v) is 3.49. The molecule has 1 rings (SSSR count). The maximum atomic E-state index is 5.63. The van der Waals surface area contributed by atoms with Crippen LogP contribution in [0.2, 0.25) is 0 Å². The number of hydrogen-bond donors (Lipinski definition) is 0. The summed E-state index contributed by atoms with van der Waals surface area (Å²) in [4.78, 5) is 0. The van der Waals surface area contributed by atoms with E-state index in [9.17, 15) is 0 Å². The molecule has 1 nitrogen and oxygen atoms in total. The standard InChI is InChI=1S/C14H18O/c1-4-6-13(5-2)11-15-14-9-7-12(3)8-10-14/h5-10H,2,4,11H2,1,3H3/b13-6+. The molecule has 1 aromatic rings. The minimum Gasteiger partial charge on any atom is -0.489 e. The highest BCUT2D eigenvalue weighted by Gasteiger charge is 1.94. The lowest BCUT2D eigenvalue weighted by molar-refractivity contribution is 0.355. The SMILES string of the molecule is C=C/C(=C\CC)COc1ccc(C)cc1. The third-order valence-electron chi connectivity index (χ3n) is 2.15. The van der Waals surface area contributed by atoms with Gasteiger partial charge in [0, 0.05) is 0 Å². The fourth-order valence-corrected chi connectivity index (χ4v) is 1.26. The Kier molecular flexibility index (Phi) is 4.69. The Labute approximate surface area is 92.1 Å². The predicted octanol–water partition coefficient (Wildman–Crippen LogP) is 3.90. The normalized spacial score (nSPS) is 11.2. The summed E-state index contributed by atoms with van der Waals surface area (Å²) in [6.07, 6.45) is 4.98. The van der Waals surface area contributed by atoms with Gasteiger partial charge in [0.1, 0.15) is 12.4 Å². The molecular formula is C14H18O. The topological polar surface area (TPSA) is 9.23 Å². The van der Waals surface area contributed by atoms with E-state index in [2.05, 4.69) is 26.5 Å². The van der Waals surface area contributed by atoms with Crippen LogP contribution in [-0.4, -0.2) is 6.61 Å². The molecule has 1 heteroatoms. The van der Waals surface area contributed by atoms with Crippen LogP contribution in [0.4, 0.5) is 0 Å². The Balaban J connectivity index is 2.52. The molecule has 0 saturated carbocycles. The van der Waals surface area contributed by atoms with Gasteiger partial charge in [-0.2, -0.15) is 0 Å². The van der Waals surface area contributed by atoms with Crippen molar-refractivity contribution in [3.8, 4) is 5.75 Å². The molecular weight excluding hydrogens is 184 g/mol. The summed E-state index contributed by atoms with van der Waals surface area (Å²) in [6.45, 7) is 8.53. The first-order chi connectivity index (χ1) is 7.26. The van der Waals surface area contributed by atoms with Crippen molar-refractivity contribution in [3.05, 3.63) is 54.1 Å². The highest BCUT2D eigenvalue weighted by atomic mass is 16.5. The van der Waals surface area contributed by atoms with E-state index >= 15 is 0 Å². The van der Waals surface area contributed by atoms with Gasteiger partial charge in [0.25, 0.3) is 0 Å². The molecule has 15 heavy (non-hydrogen) atoms. The first kappa shape index (κ1) is 11.6. The zero-order chi connectivity index (χ0) is 11.1. The lowest BCUT2D eigenvalue weighted by atomic mass is 10.2. The molecule has 0 saturated heterocycles. The molecule has 0 atom stereocenters. The average molecular weight is 202 g/mol. The van der Waals surface area contributed by atoms with E-state index in [1.54, 1.807) is 0 Å². The molecule has 0 unspecified atom stereocenters. The van der Waals surface area contributed by atoms with Crippen molar-refractivity contribution in [1.29, 1.82) is 0 Å². The van der Waals surface area contributed by atoms with Crippen molar-refractivity contribution in [2.24, 2.45) is 0 Å². The maximum Gasteiger partial charge on any atom is 0.119 e. The number of allylic oxidation sites excluding steroid dienone is 1. The van der Waals surface area contributed by atoms with E-state index in [1.165, 1.54) is 5.56 Å². The molecule has 0 bridgehead atoms. The van der Waals surface area contributed by atoms with Crippen LogP contribution in [0.25, 0.3) is 0 Å². The van der Waals surface area contributed by atoms with E-state index in [-0.39, 0.29) is 0 Å². The molecule has 0 fully saturated rings. The zero-order valence-electron chi connectivity index (χ0n) is 9.49. The monoisotopic (exact) mass is 202 g/mol. The van der Waals surface area contributed by atoms with Gasteiger partial charge in [0.15, 0.2) is 0 Å². The second kappa shape index (κ2) is 6.07. The number of benzene rings is 1. The maximum absolute atomic E-state index is 5.63. The van der Waals surface area contributed by atoms with Crippen molar-refractivity contribution < 1.29 is 4.74 Å². The van der Waals surface area contributed by atoms with Gasteiger partial charge >= 0.3 is 0 Å². The van der Waals surface area contributed by atoms with Crippen LogP contribution in [0.5, 0.6) is 5.75 Å². The molecule has 80 valence electrons. The second-order valence-electron chi connectivity index (χ2n) is 3.49. The average Bonchev–Trinajstić information content (AvgIpc) is 2.26. The molecule has 0 heterocycles. The predicted molar refractivity (Wildman–Crippen MR) is 65.2 cm³/mol. The number of rotatable bonds is 5. The third-order valence-corrected chi connectivity index (χ3v) is 2.15. The van der Waals surface area contributed by atoms with Crippen molar-refractivity contribution in [2.75, 3.05) is 6.61 Å². The van der Waals surface area contributed by atoms with E-state index in [1.807, 2.05) is 30.3 Å². The van der Waals surface area contributed by atoms with Gasteiger partial charge in [0.2, 0.25) is 0 Å². The number of aryl methyl sites for hydroxylation is 1. The minimum absolute atomic E-state index is 0.598. The fourth-order valence-electron chi connectivity index (χ4n) is 1.26. The van der Waals surface area contributed by atoms with Crippen molar-refractivity contribution >= 4 is 0 Å². The van der Waals surface area contributed by atoms with Gasteiger partial charge in [-0.15, -0.1) is 0 Å². The highest BCUT2D eigenvalue weighted by molar-refractivity contribution is 5.27. The molecule has 0 aliphatic rings. The van der Waals surface area contributed by atoms with Crippen molar-refractivity contribution in [1.82, 2.24) is 0 Å². The summed E-state index contributed by atoms with van der Waals surface area (Å²) in [6, 6.07) is 8.07. The van der Waals surface area contributed by atoms with Crippen molar-refractivity contribution in [3.63, 3.8) is 0 Å². The first-order valence-electron chi connectivity index (χ1n) is 5.27.